The number of morpholine rings is 1. The minimum atomic E-state index is -4.03. The predicted molar refractivity (Wildman–Crippen MR) is 189 cm³/mol. The molecule has 2 amide bonds. The molecular formula is C37H48ClN3O7S. The summed E-state index contributed by atoms with van der Waals surface area (Å²) in [5.74, 6) is -0.683. The molecule has 5 atom stereocenters. The van der Waals surface area contributed by atoms with Crippen LogP contribution in [0.15, 0.2) is 48.6 Å². The molecule has 0 unspecified atom stereocenters. The molecular weight excluding hydrogens is 666 g/mol. The molecule has 10 nitrogen and oxygen atoms in total. The van der Waals surface area contributed by atoms with Crippen molar-refractivity contribution in [2.75, 3.05) is 44.3 Å². The molecule has 3 heterocycles. The third kappa shape index (κ3) is 8.11. The second kappa shape index (κ2) is 15.0. The van der Waals surface area contributed by atoms with E-state index in [0.717, 1.165) is 43.2 Å². The number of aliphatic hydroxyl groups is 1. The third-order valence-corrected chi connectivity index (χ3v) is 13.1. The first kappa shape index (κ1) is 35.7. The fourth-order valence-electron chi connectivity index (χ4n) is 7.55. The molecule has 266 valence electrons. The lowest BCUT2D eigenvalue weighted by atomic mass is 9.63. The maximum atomic E-state index is 13.6. The van der Waals surface area contributed by atoms with Crippen molar-refractivity contribution in [2.45, 2.75) is 76.3 Å². The standard InChI is InChI=1S/C37H48ClN3O7S/c1-25-6-5-14-37(44,22-35(42)40-16-18-47-19-17-40)32-12-9-29(32)23-41-15-4-3-7-27-20-31(38)11-8-30(27)24-48-34-13-10-28(21-33(34)41)36(43)39-49(45,46)26(25)2/h5,8,10-11,13-14,20-21,25-26,29,32,44H,3-4,6-7,9,12,15-19,22-24H2,1-2H3,(H,39,43)/b14-5+/t25-,26+,29-,32+,37+/m0/s1. The summed E-state index contributed by atoms with van der Waals surface area (Å²) in [6.07, 6.45) is 8.11. The van der Waals surface area contributed by atoms with Crippen LogP contribution in [0.5, 0.6) is 5.75 Å². The van der Waals surface area contributed by atoms with Crippen molar-refractivity contribution in [3.63, 3.8) is 0 Å². The van der Waals surface area contributed by atoms with Crippen LogP contribution in [-0.4, -0.2) is 80.5 Å². The van der Waals surface area contributed by atoms with Crippen LogP contribution in [-0.2, 0) is 32.6 Å². The highest BCUT2D eigenvalue weighted by Gasteiger charge is 2.47. The van der Waals surface area contributed by atoms with Gasteiger partial charge in [-0.2, -0.15) is 0 Å². The zero-order valence-corrected chi connectivity index (χ0v) is 30.0. The Morgan fingerprint density at radius 3 is 2.61 bits per heavy atom. The van der Waals surface area contributed by atoms with E-state index in [2.05, 4.69) is 9.62 Å². The van der Waals surface area contributed by atoms with E-state index in [1.54, 1.807) is 36.1 Å². The molecule has 0 aromatic heterocycles. The van der Waals surface area contributed by atoms with Crippen LogP contribution in [0.2, 0.25) is 5.02 Å². The third-order valence-electron chi connectivity index (χ3n) is 11.0. The number of benzene rings is 2. The van der Waals surface area contributed by atoms with Gasteiger partial charge < -0.3 is 24.4 Å². The van der Waals surface area contributed by atoms with Crippen LogP contribution in [0.25, 0.3) is 0 Å². The zero-order valence-electron chi connectivity index (χ0n) is 28.4. The number of hydrogen-bond acceptors (Lipinski definition) is 8. The zero-order chi connectivity index (χ0) is 34.8. The number of halogens is 1. The number of ether oxygens (including phenoxy) is 2. The first-order valence-corrected chi connectivity index (χ1v) is 19.5. The highest BCUT2D eigenvalue weighted by molar-refractivity contribution is 7.90. The Labute approximate surface area is 294 Å². The van der Waals surface area contributed by atoms with Crippen molar-refractivity contribution in [3.8, 4) is 5.75 Å². The molecule has 0 radical (unpaired) electrons. The van der Waals surface area contributed by atoms with Crippen LogP contribution >= 0.6 is 11.6 Å². The molecule has 2 aromatic rings. The smallest absolute Gasteiger partial charge is 0.264 e. The summed E-state index contributed by atoms with van der Waals surface area (Å²) in [4.78, 5) is 31.0. The molecule has 1 aliphatic carbocycles. The van der Waals surface area contributed by atoms with Gasteiger partial charge in [0, 0.05) is 36.8 Å². The SMILES string of the molecule is C[C@@H]1[C@@H](C)C/C=C/[C@@](O)(CC(=O)N2CCOCC2)[C@@H]2CC[C@H]2CN2CCCCc3cc(Cl)ccc3COc3ccc(cc32)C(=O)NS1(=O)=O. The highest BCUT2D eigenvalue weighted by atomic mass is 35.5. The summed E-state index contributed by atoms with van der Waals surface area (Å²) in [5.41, 5.74) is 1.70. The molecule has 2 fully saturated rings. The Hall–Kier alpha value is -3.12. The summed E-state index contributed by atoms with van der Waals surface area (Å²) >= 11 is 6.35. The number of carbonyl (C=O) groups excluding carboxylic acids is 2. The Morgan fingerprint density at radius 2 is 1.86 bits per heavy atom. The monoisotopic (exact) mass is 713 g/mol. The Bertz CT molecular complexity index is 1680. The topological polar surface area (TPSA) is 125 Å². The number of nitrogens with one attached hydrogen (secondary N) is 1. The summed E-state index contributed by atoms with van der Waals surface area (Å²) < 4.78 is 41.0. The van der Waals surface area contributed by atoms with Gasteiger partial charge in [0.2, 0.25) is 15.9 Å². The van der Waals surface area contributed by atoms with Crippen LogP contribution in [0.1, 0.15) is 73.9 Å². The normalized spacial score (nSPS) is 29.9. The lowest BCUT2D eigenvalue weighted by Crippen LogP contribution is -2.53. The second-order valence-electron chi connectivity index (χ2n) is 14.2. The number of aryl methyl sites for hydroxylation is 1. The molecule has 12 heteroatoms. The van der Waals surface area contributed by atoms with Crippen molar-refractivity contribution in [2.24, 2.45) is 17.8 Å². The van der Waals surface area contributed by atoms with Crippen LogP contribution in [0, 0.1) is 17.8 Å². The van der Waals surface area contributed by atoms with E-state index in [1.807, 2.05) is 31.2 Å². The van der Waals surface area contributed by atoms with Gasteiger partial charge in [0.1, 0.15) is 12.4 Å². The van der Waals surface area contributed by atoms with Gasteiger partial charge in [-0.1, -0.05) is 36.7 Å². The van der Waals surface area contributed by atoms with E-state index in [4.69, 9.17) is 21.1 Å². The van der Waals surface area contributed by atoms with Crippen LogP contribution < -0.4 is 14.4 Å². The molecule has 1 saturated carbocycles. The van der Waals surface area contributed by atoms with Crippen molar-refractivity contribution in [1.82, 2.24) is 9.62 Å². The first-order chi connectivity index (χ1) is 23.4. The van der Waals surface area contributed by atoms with Gasteiger partial charge in [0.25, 0.3) is 5.91 Å². The van der Waals surface area contributed by atoms with E-state index in [9.17, 15) is 23.1 Å². The van der Waals surface area contributed by atoms with Gasteiger partial charge in [0.05, 0.1) is 36.2 Å². The highest BCUT2D eigenvalue weighted by Crippen LogP contribution is 2.46. The Kier molecular flexibility index (Phi) is 10.9. The van der Waals surface area contributed by atoms with E-state index in [1.165, 1.54) is 0 Å². The number of carbonyl (C=O) groups is 2. The average molecular weight is 714 g/mol. The minimum absolute atomic E-state index is 0.0480. The Morgan fingerprint density at radius 1 is 1.06 bits per heavy atom. The summed E-state index contributed by atoms with van der Waals surface area (Å²) in [6.45, 7) is 6.89. The van der Waals surface area contributed by atoms with E-state index in [-0.39, 0.29) is 35.6 Å². The molecule has 3 aliphatic heterocycles. The van der Waals surface area contributed by atoms with Crippen LogP contribution in [0.3, 0.4) is 0 Å². The molecule has 2 bridgehead atoms. The number of amides is 2. The van der Waals surface area contributed by atoms with Gasteiger partial charge >= 0.3 is 0 Å². The number of sulfonamides is 1. The van der Waals surface area contributed by atoms with Crippen molar-refractivity contribution in [1.29, 1.82) is 0 Å². The molecule has 1 saturated heterocycles. The minimum Gasteiger partial charge on any atom is -0.487 e. The lowest BCUT2D eigenvalue weighted by Gasteiger charge is -2.48. The van der Waals surface area contributed by atoms with Gasteiger partial charge in [0.15, 0.2) is 0 Å². The van der Waals surface area contributed by atoms with Gasteiger partial charge in [-0.3, -0.25) is 9.59 Å². The predicted octanol–water partition coefficient (Wildman–Crippen LogP) is 5.11. The molecule has 6 rings (SSSR count). The molecule has 4 aliphatic rings. The fourth-order valence-corrected chi connectivity index (χ4v) is 9.03. The maximum absolute atomic E-state index is 13.6. The number of rotatable bonds is 2. The number of nitrogens with zero attached hydrogens (tertiary/aromatic N) is 2. The van der Waals surface area contributed by atoms with Crippen LogP contribution in [0.4, 0.5) is 5.69 Å². The van der Waals surface area contributed by atoms with Crippen molar-refractivity contribution < 1.29 is 32.6 Å². The maximum Gasteiger partial charge on any atom is 0.264 e. The van der Waals surface area contributed by atoms with Crippen molar-refractivity contribution in [3.05, 3.63) is 70.3 Å². The summed E-state index contributed by atoms with van der Waals surface area (Å²) in [5, 5.41) is 12.2. The van der Waals surface area contributed by atoms with Gasteiger partial charge in [-0.25, -0.2) is 13.1 Å². The van der Waals surface area contributed by atoms with Gasteiger partial charge in [-0.15, -0.1) is 0 Å². The largest absolute Gasteiger partial charge is 0.487 e. The van der Waals surface area contributed by atoms with Crippen molar-refractivity contribution >= 4 is 39.1 Å². The molecule has 2 aromatic carbocycles. The number of allylic oxidation sites excluding steroid dienone is 1. The lowest BCUT2D eigenvalue weighted by molar-refractivity contribution is -0.143. The second-order valence-corrected chi connectivity index (χ2v) is 16.7. The summed E-state index contributed by atoms with van der Waals surface area (Å²) in [7, 11) is -4.03. The molecule has 0 spiro atoms. The van der Waals surface area contributed by atoms with E-state index in [0.29, 0.717) is 68.9 Å². The Balaban J connectivity index is 1.38. The van der Waals surface area contributed by atoms with E-state index >= 15 is 0 Å². The number of anilines is 1. The molecule has 2 N–H and O–H groups in total. The molecule has 49 heavy (non-hydrogen) atoms. The number of hydrogen-bond donors (Lipinski definition) is 2. The average Bonchev–Trinajstić information content (AvgIpc) is 3.09. The first-order valence-electron chi connectivity index (χ1n) is 17.5. The van der Waals surface area contributed by atoms with Gasteiger partial charge in [-0.05, 0) is 105 Å². The summed E-state index contributed by atoms with van der Waals surface area (Å²) in [6, 6.07) is 10.9. The number of fused-ring (bicyclic) bond motifs is 3. The fraction of sp³-hybridized carbons (Fsp3) is 0.568. The quantitative estimate of drug-likeness (QED) is 0.412. The van der Waals surface area contributed by atoms with E-state index < -0.39 is 26.8 Å².